The fraction of sp³-hybridized carbons (Fsp3) is 0.364. The van der Waals surface area contributed by atoms with Gasteiger partial charge < -0.3 is 15.8 Å². The summed E-state index contributed by atoms with van der Waals surface area (Å²) in [6.07, 6.45) is -0.794. The molecule has 0 bridgehead atoms. The SMILES string of the molecule is CC(NCCOC(N)=O)c1ccc(Cl)c(Cl)c1Cl. The topological polar surface area (TPSA) is 64.3 Å². The molecule has 0 spiro atoms. The van der Waals surface area contributed by atoms with Crippen molar-refractivity contribution in [1.82, 2.24) is 5.32 Å². The Morgan fingerprint density at radius 3 is 2.67 bits per heavy atom. The molecular weight excluding hydrogens is 298 g/mol. The summed E-state index contributed by atoms with van der Waals surface area (Å²) in [5.41, 5.74) is 5.66. The molecule has 0 saturated carbocycles. The van der Waals surface area contributed by atoms with Crippen molar-refractivity contribution in [1.29, 1.82) is 0 Å². The number of rotatable bonds is 5. The number of hydrogen-bond acceptors (Lipinski definition) is 3. The van der Waals surface area contributed by atoms with Crippen LogP contribution in [0.15, 0.2) is 12.1 Å². The first kappa shape index (κ1) is 15.4. The van der Waals surface area contributed by atoms with Crippen molar-refractivity contribution in [2.75, 3.05) is 13.2 Å². The number of nitrogens with two attached hydrogens (primary N) is 1. The Morgan fingerprint density at radius 1 is 1.39 bits per heavy atom. The Hall–Kier alpha value is -0.680. The summed E-state index contributed by atoms with van der Waals surface area (Å²) in [7, 11) is 0. The van der Waals surface area contributed by atoms with E-state index in [-0.39, 0.29) is 12.6 Å². The molecule has 0 fully saturated rings. The van der Waals surface area contributed by atoms with Gasteiger partial charge in [0, 0.05) is 12.6 Å². The van der Waals surface area contributed by atoms with Crippen LogP contribution in [0.5, 0.6) is 0 Å². The third-order valence-corrected chi connectivity index (χ3v) is 3.64. The van der Waals surface area contributed by atoms with Crippen LogP contribution in [-0.4, -0.2) is 19.2 Å². The first-order chi connectivity index (χ1) is 8.43. The number of halogens is 3. The number of nitrogens with one attached hydrogen (secondary N) is 1. The predicted octanol–water partition coefficient (Wildman–Crippen LogP) is 3.39. The number of hydrogen-bond donors (Lipinski definition) is 2. The Morgan fingerprint density at radius 2 is 2.06 bits per heavy atom. The Bertz CT molecular complexity index is 441. The van der Waals surface area contributed by atoms with E-state index in [1.54, 1.807) is 12.1 Å². The average Bonchev–Trinajstić information content (AvgIpc) is 2.31. The fourth-order valence-corrected chi connectivity index (χ4v) is 2.12. The maximum atomic E-state index is 10.4. The number of carbonyl (C=O) groups excluding carboxylic acids is 1. The van der Waals surface area contributed by atoms with Crippen LogP contribution in [0.1, 0.15) is 18.5 Å². The minimum atomic E-state index is -0.794. The number of primary amides is 1. The molecule has 1 unspecified atom stereocenters. The van der Waals surface area contributed by atoms with E-state index in [0.29, 0.717) is 21.6 Å². The van der Waals surface area contributed by atoms with E-state index in [0.717, 1.165) is 5.56 Å². The summed E-state index contributed by atoms with van der Waals surface area (Å²) in [6, 6.07) is 3.43. The molecule has 0 saturated heterocycles. The van der Waals surface area contributed by atoms with Crippen LogP contribution in [0.25, 0.3) is 0 Å². The number of ether oxygens (including phenoxy) is 1. The Balaban J connectivity index is 2.59. The summed E-state index contributed by atoms with van der Waals surface area (Å²) >= 11 is 17.9. The quantitative estimate of drug-likeness (QED) is 0.647. The third-order valence-electron chi connectivity index (χ3n) is 2.33. The van der Waals surface area contributed by atoms with Crippen molar-refractivity contribution in [2.45, 2.75) is 13.0 Å². The van der Waals surface area contributed by atoms with E-state index in [1.807, 2.05) is 6.92 Å². The third kappa shape index (κ3) is 4.21. The Kier molecular flexibility index (Phi) is 6.02. The van der Waals surface area contributed by atoms with Gasteiger partial charge in [0.2, 0.25) is 0 Å². The van der Waals surface area contributed by atoms with Gasteiger partial charge in [0.1, 0.15) is 6.61 Å². The minimum absolute atomic E-state index is 0.0521. The van der Waals surface area contributed by atoms with Crippen molar-refractivity contribution in [3.05, 3.63) is 32.8 Å². The summed E-state index contributed by atoms with van der Waals surface area (Å²) in [4.78, 5) is 10.4. The first-order valence-corrected chi connectivity index (χ1v) is 6.36. The average molecular weight is 312 g/mol. The molecule has 1 aromatic rings. The molecule has 1 rings (SSSR count). The lowest BCUT2D eigenvalue weighted by atomic mass is 10.1. The van der Waals surface area contributed by atoms with Gasteiger partial charge in [-0.15, -0.1) is 0 Å². The van der Waals surface area contributed by atoms with Crippen LogP contribution < -0.4 is 11.1 Å². The van der Waals surface area contributed by atoms with Crippen molar-refractivity contribution >= 4 is 40.9 Å². The molecular formula is C11H13Cl3N2O2. The van der Waals surface area contributed by atoms with Crippen LogP contribution in [0.4, 0.5) is 4.79 Å². The van der Waals surface area contributed by atoms with Gasteiger partial charge >= 0.3 is 6.09 Å². The van der Waals surface area contributed by atoms with E-state index in [9.17, 15) is 4.79 Å². The van der Waals surface area contributed by atoms with Gasteiger partial charge in [-0.1, -0.05) is 40.9 Å². The van der Waals surface area contributed by atoms with Gasteiger partial charge in [0.25, 0.3) is 0 Å². The van der Waals surface area contributed by atoms with Gasteiger partial charge in [0.15, 0.2) is 0 Å². The van der Waals surface area contributed by atoms with Gasteiger partial charge in [-0.2, -0.15) is 0 Å². The molecule has 1 aromatic carbocycles. The number of benzene rings is 1. The molecule has 0 aliphatic heterocycles. The zero-order valence-electron chi connectivity index (χ0n) is 9.67. The second kappa shape index (κ2) is 7.04. The lowest BCUT2D eigenvalue weighted by molar-refractivity contribution is 0.156. The standard InChI is InChI=1S/C11H13Cl3N2O2/c1-6(16-4-5-18-11(15)17)7-2-3-8(12)10(14)9(7)13/h2-3,6,16H,4-5H2,1H3,(H2,15,17). The van der Waals surface area contributed by atoms with Gasteiger partial charge in [0.05, 0.1) is 15.1 Å². The van der Waals surface area contributed by atoms with Crippen LogP contribution >= 0.6 is 34.8 Å². The second-order valence-corrected chi connectivity index (χ2v) is 4.77. The van der Waals surface area contributed by atoms with Crippen LogP contribution in [0, 0.1) is 0 Å². The van der Waals surface area contributed by atoms with Crippen molar-refractivity contribution in [2.24, 2.45) is 5.73 Å². The van der Waals surface area contributed by atoms with Crippen molar-refractivity contribution in [3.63, 3.8) is 0 Å². The monoisotopic (exact) mass is 310 g/mol. The van der Waals surface area contributed by atoms with Gasteiger partial charge in [-0.05, 0) is 18.6 Å². The number of carbonyl (C=O) groups is 1. The normalized spacial score (nSPS) is 12.2. The number of amides is 1. The van der Waals surface area contributed by atoms with Crippen LogP contribution in [0.2, 0.25) is 15.1 Å². The highest BCUT2D eigenvalue weighted by atomic mass is 35.5. The minimum Gasteiger partial charge on any atom is -0.448 e. The summed E-state index contributed by atoms with van der Waals surface area (Å²) < 4.78 is 4.60. The zero-order valence-corrected chi connectivity index (χ0v) is 11.9. The molecule has 0 radical (unpaired) electrons. The lowest BCUT2D eigenvalue weighted by Gasteiger charge is -2.16. The summed E-state index contributed by atoms with van der Waals surface area (Å²) in [6.45, 7) is 2.56. The second-order valence-electron chi connectivity index (χ2n) is 3.61. The molecule has 18 heavy (non-hydrogen) atoms. The van der Waals surface area contributed by atoms with E-state index in [1.165, 1.54) is 0 Å². The van der Waals surface area contributed by atoms with E-state index < -0.39 is 6.09 Å². The summed E-state index contributed by atoms with van der Waals surface area (Å²) in [5.74, 6) is 0. The Labute approximate surface area is 120 Å². The molecule has 0 aliphatic rings. The smallest absolute Gasteiger partial charge is 0.404 e. The van der Waals surface area contributed by atoms with Crippen molar-refractivity contribution < 1.29 is 9.53 Å². The van der Waals surface area contributed by atoms with E-state index in [4.69, 9.17) is 40.5 Å². The molecule has 3 N–H and O–H groups in total. The molecule has 0 heterocycles. The molecule has 7 heteroatoms. The van der Waals surface area contributed by atoms with Crippen LogP contribution in [-0.2, 0) is 4.74 Å². The van der Waals surface area contributed by atoms with Crippen LogP contribution in [0.3, 0.4) is 0 Å². The van der Waals surface area contributed by atoms with E-state index in [2.05, 4.69) is 10.1 Å². The fourth-order valence-electron chi connectivity index (χ4n) is 1.41. The van der Waals surface area contributed by atoms with Crippen molar-refractivity contribution in [3.8, 4) is 0 Å². The highest BCUT2D eigenvalue weighted by molar-refractivity contribution is 6.48. The molecule has 1 amide bonds. The molecule has 1 atom stereocenters. The maximum absolute atomic E-state index is 10.4. The summed E-state index contributed by atoms with van der Waals surface area (Å²) in [5, 5.41) is 4.28. The molecule has 4 nitrogen and oxygen atoms in total. The van der Waals surface area contributed by atoms with Gasteiger partial charge in [-0.25, -0.2) is 4.79 Å². The largest absolute Gasteiger partial charge is 0.448 e. The molecule has 100 valence electrons. The lowest BCUT2D eigenvalue weighted by Crippen LogP contribution is -2.26. The zero-order chi connectivity index (χ0) is 13.7. The molecule has 0 aromatic heterocycles. The highest BCUT2D eigenvalue weighted by Crippen LogP contribution is 2.35. The predicted molar refractivity (Wildman–Crippen MR) is 73.4 cm³/mol. The van der Waals surface area contributed by atoms with Gasteiger partial charge in [-0.3, -0.25) is 0 Å². The first-order valence-electron chi connectivity index (χ1n) is 5.22. The van der Waals surface area contributed by atoms with E-state index >= 15 is 0 Å². The molecule has 0 aliphatic carbocycles. The maximum Gasteiger partial charge on any atom is 0.404 e. The highest BCUT2D eigenvalue weighted by Gasteiger charge is 2.13.